The Balaban J connectivity index is 3.20. The quantitative estimate of drug-likeness (QED) is 0.274. The lowest BCUT2D eigenvalue weighted by Crippen LogP contribution is -2.03. The number of nitro groups is 1. The van der Waals surface area contributed by atoms with E-state index in [1.807, 2.05) is 0 Å². The van der Waals surface area contributed by atoms with Gasteiger partial charge in [0.25, 0.3) is 9.05 Å². The first-order valence-corrected chi connectivity index (χ1v) is 7.84. The van der Waals surface area contributed by atoms with Gasteiger partial charge in [-0.15, -0.1) is 11.8 Å². The van der Waals surface area contributed by atoms with Gasteiger partial charge < -0.3 is 4.74 Å². The maximum atomic E-state index is 11.3. The number of nitrogens with zero attached hydrogens (tertiary/aromatic N) is 1. The molecule has 1 aromatic carbocycles. The highest BCUT2D eigenvalue weighted by molar-refractivity contribution is 8.13. The number of benzene rings is 1. The molecule has 1 aromatic rings. The second-order valence-electron chi connectivity index (χ2n) is 3.81. The molecule has 0 N–H and O–H groups in total. The minimum atomic E-state index is -4.05. The first kappa shape index (κ1) is 16.3. The largest absolute Gasteiger partial charge is 0.486 e. The predicted molar refractivity (Wildman–Crippen MR) is 74.4 cm³/mol. The van der Waals surface area contributed by atoms with Gasteiger partial charge in [0.2, 0.25) is 0 Å². The van der Waals surface area contributed by atoms with E-state index in [-0.39, 0.29) is 22.8 Å². The summed E-state index contributed by atoms with van der Waals surface area (Å²) in [5.41, 5.74) is -0.165. The Morgan fingerprint density at radius 1 is 1.45 bits per heavy atom. The molecule has 0 aliphatic rings. The molecule has 0 fully saturated rings. The van der Waals surface area contributed by atoms with E-state index in [9.17, 15) is 18.5 Å². The Hall–Kier alpha value is -1.78. The Bertz CT molecular complexity index is 688. The van der Waals surface area contributed by atoms with Crippen LogP contribution in [0.2, 0.25) is 0 Å². The number of hydrogen-bond acceptors (Lipinski definition) is 5. The highest BCUT2D eigenvalue weighted by Gasteiger charge is 2.23. The third kappa shape index (κ3) is 4.11. The van der Waals surface area contributed by atoms with Gasteiger partial charge in [-0.1, -0.05) is 0 Å². The van der Waals surface area contributed by atoms with Crippen molar-refractivity contribution in [3.63, 3.8) is 0 Å². The van der Waals surface area contributed by atoms with Crippen LogP contribution < -0.4 is 4.74 Å². The van der Waals surface area contributed by atoms with Gasteiger partial charge in [-0.25, -0.2) is 8.42 Å². The Kier molecular flexibility index (Phi) is 5.36. The van der Waals surface area contributed by atoms with Gasteiger partial charge in [-0.05, 0) is 25.5 Å². The lowest BCUT2D eigenvalue weighted by Gasteiger charge is -2.08. The molecule has 0 unspecified atom stereocenters. The van der Waals surface area contributed by atoms with E-state index in [0.717, 1.165) is 6.07 Å². The maximum Gasteiger partial charge on any atom is 0.312 e. The molecule has 0 aliphatic heterocycles. The first-order chi connectivity index (χ1) is 9.27. The third-order valence-electron chi connectivity index (χ3n) is 2.38. The summed E-state index contributed by atoms with van der Waals surface area (Å²) in [5.74, 6) is 5.42. The maximum absolute atomic E-state index is 11.3. The number of aryl methyl sites for hydroxylation is 1. The second-order valence-corrected chi connectivity index (χ2v) is 6.34. The summed E-state index contributed by atoms with van der Waals surface area (Å²) in [5, 5.41) is 11.0. The molecule has 0 atom stereocenters. The number of hydrogen-bond donors (Lipinski definition) is 0. The van der Waals surface area contributed by atoms with Crippen LogP contribution in [0.15, 0.2) is 17.0 Å². The van der Waals surface area contributed by atoms with E-state index < -0.39 is 19.7 Å². The van der Waals surface area contributed by atoms with Crippen LogP contribution in [0.25, 0.3) is 0 Å². The van der Waals surface area contributed by atoms with Crippen LogP contribution in [0, 0.1) is 28.9 Å². The first-order valence-electron chi connectivity index (χ1n) is 5.53. The van der Waals surface area contributed by atoms with E-state index in [0.29, 0.717) is 6.42 Å². The van der Waals surface area contributed by atoms with Crippen molar-refractivity contribution in [1.82, 2.24) is 0 Å². The number of ether oxygens (including phenoxy) is 1. The number of rotatable bonds is 5. The Morgan fingerprint density at radius 3 is 2.60 bits per heavy atom. The van der Waals surface area contributed by atoms with Crippen molar-refractivity contribution in [2.45, 2.75) is 25.2 Å². The fourth-order valence-corrected chi connectivity index (χ4v) is 2.70. The molecule has 0 amide bonds. The van der Waals surface area contributed by atoms with Gasteiger partial charge in [0, 0.05) is 23.2 Å². The van der Waals surface area contributed by atoms with Gasteiger partial charge in [0.15, 0.2) is 5.75 Å². The molecule has 108 valence electrons. The van der Waals surface area contributed by atoms with E-state index in [1.54, 1.807) is 6.92 Å². The molecule has 0 saturated heterocycles. The summed E-state index contributed by atoms with van der Waals surface area (Å²) in [6.07, 6.45) is 0.419. The molecule has 0 heterocycles. The molecule has 0 aliphatic carbocycles. The topological polar surface area (TPSA) is 86.5 Å². The average Bonchev–Trinajstić information content (AvgIpc) is 2.32. The van der Waals surface area contributed by atoms with Crippen LogP contribution in [0.5, 0.6) is 5.75 Å². The van der Waals surface area contributed by atoms with Gasteiger partial charge in [-0.3, -0.25) is 10.1 Å². The number of halogens is 1. The molecule has 8 heteroatoms. The summed E-state index contributed by atoms with van der Waals surface area (Å²) in [4.78, 5) is 9.94. The zero-order valence-corrected chi connectivity index (χ0v) is 12.4. The van der Waals surface area contributed by atoms with E-state index in [2.05, 4.69) is 11.8 Å². The van der Waals surface area contributed by atoms with E-state index in [4.69, 9.17) is 15.4 Å². The van der Waals surface area contributed by atoms with Crippen molar-refractivity contribution in [3.05, 3.63) is 27.8 Å². The lowest BCUT2D eigenvalue weighted by molar-refractivity contribution is -0.386. The van der Waals surface area contributed by atoms with Crippen LogP contribution >= 0.6 is 10.7 Å². The monoisotopic (exact) mass is 317 g/mol. The molecular weight excluding hydrogens is 306 g/mol. The Morgan fingerprint density at radius 2 is 2.10 bits per heavy atom. The molecule has 0 radical (unpaired) electrons. The molecule has 0 bridgehead atoms. The summed E-state index contributed by atoms with van der Waals surface area (Å²) in [6.45, 7) is 3.33. The fraction of sp³-hybridized carbons (Fsp3) is 0.333. The SMILES string of the molecule is CC#CCCOc1cc(C)c(S(=O)(=O)Cl)cc1[N+](=O)[O-]. The van der Waals surface area contributed by atoms with Crippen LogP contribution in [0.1, 0.15) is 18.9 Å². The summed E-state index contributed by atoms with van der Waals surface area (Å²) < 4.78 is 27.9. The minimum Gasteiger partial charge on any atom is -0.486 e. The standard InChI is InChI=1S/C12H12ClNO5S/c1-3-4-5-6-19-11-7-9(2)12(20(13,17)18)8-10(11)14(15)16/h7-8H,5-6H2,1-2H3. The molecule has 6 nitrogen and oxygen atoms in total. The van der Waals surface area contributed by atoms with E-state index in [1.165, 1.54) is 13.0 Å². The van der Waals surface area contributed by atoms with Crippen LogP contribution in [0.3, 0.4) is 0 Å². The summed E-state index contributed by atoms with van der Waals surface area (Å²) in [6, 6.07) is 2.19. The highest BCUT2D eigenvalue weighted by atomic mass is 35.7. The van der Waals surface area contributed by atoms with Crippen molar-refractivity contribution in [3.8, 4) is 17.6 Å². The van der Waals surface area contributed by atoms with Crippen molar-refractivity contribution < 1.29 is 18.1 Å². The third-order valence-corrected chi connectivity index (χ3v) is 3.84. The van der Waals surface area contributed by atoms with E-state index >= 15 is 0 Å². The van der Waals surface area contributed by atoms with Crippen molar-refractivity contribution >= 4 is 25.4 Å². The minimum absolute atomic E-state index is 0.00512. The normalized spacial score (nSPS) is 10.6. The molecular formula is C12H12ClNO5S. The molecule has 1 rings (SSSR count). The molecule has 0 aromatic heterocycles. The van der Waals surface area contributed by atoms with Gasteiger partial charge >= 0.3 is 5.69 Å². The fourth-order valence-electron chi connectivity index (χ4n) is 1.51. The molecule has 0 spiro atoms. The summed E-state index contributed by atoms with van der Waals surface area (Å²) >= 11 is 0. The highest BCUT2D eigenvalue weighted by Crippen LogP contribution is 2.33. The van der Waals surface area contributed by atoms with Gasteiger partial charge in [0.05, 0.1) is 16.4 Å². The van der Waals surface area contributed by atoms with Gasteiger partial charge in [0.1, 0.15) is 0 Å². The zero-order valence-electron chi connectivity index (χ0n) is 10.8. The predicted octanol–water partition coefficient (Wildman–Crippen LogP) is 2.62. The van der Waals surface area contributed by atoms with Crippen LogP contribution in [-0.2, 0) is 9.05 Å². The second kappa shape index (κ2) is 6.59. The van der Waals surface area contributed by atoms with Crippen molar-refractivity contribution in [2.24, 2.45) is 0 Å². The molecule has 0 saturated carbocycles. The smallest absolute Gasteiger partial charge is 0.312 e. The van der Waals surface area contributed by atoms with Crippen molar-refractivity contribution in [2.75, 3.05) is 6.61 Å². The summed E-state index contributed by atoms with van der Waals surface area (Å²) in [7, 11) is 1.18. The van der Waals surface area contributed by atoms with Crippen LogP contribution in [-0.4, -0.2) is 19.9 Å². The average molecular weight is 318 g/mol. The zero-order chi connectivity index (χ0) is 15.3. The number of nitro benzene ring substituents is 1. The van der Waals surface area contributed by atoms with Gasteiger partial charge in [-0.2, -0.15) is 0 Å². The Labute approximate surface area is 121 Å². The van der Waals surface area contributed by atoms with Crippen molar-refractivity contribution in [1.29, 1.82) is 0 Å². The van der Waals surface area contributed by atoms with Crippen LogP contribution in [0.4, 0.5) is 5.69 Å². The lowest BCUT2D eigenvalue weighted by atomic mass is 10.2. The molecule has 20 heavy (non-hydrogen) atoms.